The summed E-state index contributed by atoms with van der Waals surface area (Å²) in [5.41, 5.74) is 2.70. The smallest absolute Gasteiger partial charge is 0.221 e. The molecule has 1 heterocycles. The van der Waals surface area contributed by atoms with Crippen molar-refractivity contribution >= 4 is 5.91 Å². The minimum Gasteiger partial charge on any atom is -0.493 e. The van der Waals surface area contributed by atoms with Crippen molar-refractivity contribution in [3.05, 3.63) is 29.3 Å². The summed E-state index contributed by atoms with van der Waals surface area (Å²) in [4.78, 5) is 13.8. The maximum atomic E-state index is 11.4. The molecule has 0 unspecified atom stereocenters. The van der Waals surface area contributed by atoms with Crippen LogP contribution < -0.4 is 10.1 Å². The summed E-state index contributed by atoms with van der Waals surface area (Å²) in [5, 5.41) is 2.94. The summed E-state index contributed by atoms with van der Waals surface area (Å²) in [6.07, 6.45) is 8.11. The van der Waals surface area contributed by atoms with Gasteiger partial charge in [-0.1, -0.05) is 64.2 Å². The molecule has 158 valence electrons. The molecule has 0 spiro atoms. The highest BCUT2D eigenvalue weighted by atomic mass is 16.5. The minimum absolute atomic E-state index is 0.109. The zero-order valence-electron chi connectivity index (χ0n) is 18.5. The third kappa shape index (κ3) is 8.22. The fourth-order valence-electron chi connectivity index (χ4n) is 3.72. The van der Waals surface area contributed by atoms with E-state index in [0.717, 1.165) is 45.0 Å². The zero-order chi connectivity index (χ0) is 20.4. The highest BCUT2D eigenvalue weighted by Gasteiger charge is 2.19. The summed E-state index contributed by atoms with van der Waals surface area (Å²) in [6, 6.07) is 6.52. The molecule has 1 saturated heterocycles. The monoisotopic (exact) mass is 388 g/mol. The van der Waals surface area contributed by atoms with Crippen molar-refractivity contribution in [2.24, 2.45) is 0 Å². The number of carbonyl (C=O) groups is 1. The number of amides is 1. The fraction of sp³-hybridized carbons (Fsp3) is 0.708. The van der Waals surface area contributed by atoms with E-state index in [1.54, 1.807) is 0 Å². The lowest BCUT2D eigenvalue weighted by molar-refractivity contribution is -0.120. The molecule has 1 fully saturated rings. The Labute approximate surface area is 172 Å². The quantitative estimate of drug-likeness (QED) is 0.584. The average Bonchev–Trinajstić information content (AvgIpc) is 2.85. The number of unbranched alkanes of at least 4 members (excludes halogenated alkanes) is 5. The first-order chi connectivity index (χ1) is 13.4. The summed E-state index contributed by atoms with van der Waals surface area (Å²) in [5.74, 6) is 1.24. The zero-order valence-corrected chi connectivity index (χ0v) is 18.5. The molecule has 28 heavy (non-hydrogen) atoms. The molecular weight excluding hydrogens is 348 g/mol. The van der Waals surface area contributed by atoms with Crippen molar-refractivity contribution in [2.45, 2.75) is 78.1 Å². The van der Waals surface area contributed by atoms with Crippen molar-refractivity contribution in [3.8, 4) is 5.75 Å². The Morgan fingerprint density at radius 1 is 1.04 bits per heavy atom. The molecule has 1 aliphatic rings. The van der Waals surface area contributed by atoms with Gasteiger partial charge < -0.3 is 15.0 Å². The maximum Gasteiger partial charge on any atom is 0.221 e. The van der Waals surface area contributed by atoms with Gasteiger partial charge >= 0.3 is 0 Å². The Bertz CT molecular complexity index is 607. The van der Waals surface area contributed by atoms with Gasteiger partial charge in [0.1, 0.15) is 5.75 Å². The second-order valence-corrected chi connectivity index (χ2v) is 9.16. The van der Waals surface area contributed by atoms with Gasteiger partial charge in [0.25, 0.3) is 0 Å². The molecule has 1 aliphatic heterocycles. The highest BCUT2D eigenvalue weighted by Crippen LogP contribution is 2.32. The Morgan fingerprint density at radius 3 is 2.50 bits per heavy atom. The normalized spacial score (nSPS) is 15.9. The van der Waals surface area contributed by atoms with Crippen molar-refractivity contribution in [1.29, 1.82) is 0 Å². The van der Waals surface area contributed by atoms with Crippen LogP contribution in [0, 0.1) is 6.92 Å². The lowest BCUT2D eigenvalue weighted by Crippen LogP contribution is -2.29. The molecule has 0 aromatic heterocycles. The van der Waals surface area contributed by atoms with Crippen molar-refractivity contribution in [2.75, 3.05) is 32.8 Å². The van der Waals surface area contributed by atoms with Crippen LogP contribution in [0.15, 0.2) is 18.2 Å². The number of nitrogens with one attached hydrogen (secondary N) is 1. The molecular formula is C24H40N2O2. The van der Waals surface area contributed by atoms with Crippen LogP contribution in [0.2, 0.25) is 0 Å². The number of aryl methyl sites for hydroxylation is 1. The van der Waals surface area contributed by atoms with E-state index in [4.69, 9.17) is 4.74 Å². The van der Waals surface area contributed by atoms with Crippen LogP contribution in [0.25, 0.3) is 0 Å². The first kappa shape index (κ1) is 22.7. The van der Waals surface area contributed by atoms with Crippen LogP contribution in [-0.2, 0) is 10.2 Å². The number of nitrogens with zero attached hydrogens (tertiary/aromatic N) is 1. The van der Waals surface area contributed by atoms with Crippen molar-refractivity contribution < 1.29 is 9.53 Å². The van der Waals surface area contributed by atoms with Crippen LogP contribution >= 0.6 is 0 Å². The number of rotatable bonds is 10. The van der Waals surface area contributed by atoms with Gasteiger partial charge in [0.2, 0.25) is 5.91 Å². The molecule has 1 N–H and O–H groups in total. The third-order valence-corrected chi connectivity index (χ3v) is 5.47. The largest absolute Gasteiger partial charge is 0.493 e. The Hall–Kier alpha value is -1.55. The van der Waals surface area contributed by atoms with Crippen LogP contribution in [0.5, 0.6) is 5.75 Å². The molecule has 1 aromatic carbocycles. The highest BCUT2D eigenvalue weighted by molar-refractivity contribution is 5.76. The van der Waals surface area contributed by atoms with E-state index in [1.807, 2.05) is 0 Å². The molecule has 0 radical (unpaired) electrons. The van der Waals surface area contributed by atoms with Gasteiger partial charge in [-0.3, -0.25) is 4.79 Å². The van der Waals surface area contributed by atoms with Gasteiger partial charge in [-0.05, 0) is 43.4 Å². The van der Waals surface area contributed by atoms with Crippen LogP contribution in [0.1, 0.15) is 76.8 Å². The number of hydrogen-bond acceptors (Lipinski definition) is 3. The van der Waals surface area contributed by atoms with Crippen molar-refractivity contribution in [1.82, 2.24) is 10.2 Å². The summed E-state index contributed by atoms with van der Waals surface area (Å²) >= 11 is 0. The standard InChI is InChI=1S/C24H40N2O2/c1-20-11-12-22(21(19-20)24(2,3)4)28-18-10-8-6-5-7-9-15-26-16-13-23(27)25-14-17-26/h11-12,19H,5-10,13-18H2,1-4H3,(H,25,27). The topological polar surface area (TPSA) is 41.6 Å². The van der Waals surface area contributed by atoms with E-state index in [1.165, 1.54) is 43.2 Å². The van der Waals surface area contributed by atoms with E-state index in [2.05, 4.69) is 56.1 Å². The van der Waals surface area contributed by atoms with Crippen LogP contribution in [-0.4, -0.2) is 43.6 Å². The summed E-state index contributed by atoms with van der Waals surface area (Å²) in [6.45, 7) is 13.5. The van der Waals surface area contributed by atoms with Gasteiger partial charge in [0.05, 0.1) is 6.61 Å². The predicted molar refractivity (Wildman–Crippen MR) is 117 cm³/mol. The summed E-state index contributed by atoms with van der Waals surface area (Å²) in [7, 11) is 0. The molecule has 2 rings (SSSR count). The lowest BCUT2D eigenvalue weighted by atomic mass is 9.85. The average molecular weight is 389 g/mol. The van der Waals surface area contributed by atoms with Crippen molar-refractivity contribution in [3.63, 3.8) is 0 Å². The number of carbonyl (C=O) groups excluding carboxylic acids is 1. The van der Waals surface area contributed by atoms with Crippen LogP contribution in [0.4, 0.5) is 0 Å². The lowest BCUT2D eigenvalue weighted by Gasteiger charge is -2.23. The Balaban J connectivity index is 1.54. The Morgan fingerprint density at radius 2 is 1.75 bits per heavy atom. The second-order valence-electron chi connectivity index (χ2n) is 9.16. The SMILES string of the molecule is Cc1ccc(OCCCCCCCCN2CCNC(=O)CC2)c(C(C)(C)C)c1. The van der Waals surface area contributed by atoms with Gasteiger partial charge in [-0.15, -0.1) is 0 Å². The molecule has 1 amide bonds. The molecule has 1 aromatic rings. The maximum absolute atomic E-state index is 11.4. The van der Waals surface area contributed by atoms with E-state index in [-0.39, 0.29) is 11.3 Å². The second kappa shape index (κ2) is 11.5. The number of hydrogen-bond donors (Lipinski definition) is 1. The van der Waals surface area contributed by atoms with Crippen LogP contribution in [0.3, 0.4) is 0 Å². The molecule has 0 saturated carbocycles. The molecule has 4 nitrogen and oxygen atoms in total. The Kier molecular flexibility index (Phi) is 9.30. The molecule has 4 heteroatoms. The first-order valence-corrected chi connectivity index (χ1v) is 11.1. The van der Waals surface area contributed by atoms with E-state index >= 15 is 0 Å². The number of benzene rings is 1. The van der Waals surface area contributed by atoms with Gasteiger partial charge in [-0.25, -0.2) is 0 Å². The fourth-order valence-corrected chi connectivity index (χ4v) is 3.72. The molecule has 0 atom stereocenters. The van der Waals surface area contributed by atoms with E-state index < -0.39 is 0 Å². The minimum atomic E-state index is 0.109. The molecule has 0 bridgehead atoms. The van der Waals surface area contributed by atoms with E-state index in [9.17, 15) is 4.79 Å². The van der Waals surface area contributed by atoms with Gasteiger partial charge in [0, 0.05) is 26.1 Å². The van der Waals surface area contributed by atoms with Gasteiger partial charge in [0.15, 0.2) is 0 Å². The summed E-state index contributed by atoms with van der Waals surface area (Å²) < 4.78 is 6.11. The molecule has 0 aliphatic carbocycles. The van der Waals surface area contributed by atoms with E-state index in [0.29, 0.717) is 6.42 Å². The van der Waals surface area contributed by atoms with Gasteiger partial charge in [-0.2, -0.15) is 0 Å². The third-order valence-electron chi connectivity index (χ3n) is 5.47. The first-order valence-electron chi connectivity index (χ1n) is 11.1. The number of ether oxygens (including phenoxy) is 1. The predicted octanol–water partition coefficient (Wildman–Crippen LogP) is 4.83.